The van der Waals surface area contributed by atoms with Gasteiger partial charge in [-0.15, -0.1) is 0 Å². The van der Waals surface area contributed by atoms with E-state index >= 15 is 0 Å². The summed E-state index contributed by atoms with van der Waals surface area (Å²) in [4.78, 5) is 2.67. The average molecular weight is 216 g/mol. The van der Waals surface area contributed by atoms with Gasteiger partial charge in [0.2, 0.25) is 0 Å². The molecule has 1 aliphatic heterocycles. The van der Waals surface area contributed by atoms with Crippen LogP contribution in [0.5, 0.6) is 0 Å². The molecule has 0 spiro atoms. The number of hydrogen-bond acceptors (Lipinski definition) is 3. The molecule has 0 amide bonds. The molecule has 1 rings (SSSR count). The van der Waals surface area contributed by atoms with E-state index in [2.05, 4.69) is 35.9 Å². The summed E-state index contributed by atoms with van der Waals surface area (Å²) in [7, 11) is 0. The molecule has 0 aromatic carbocycles. The topological polar surface area (TPSA) is 6.48 Å². The molecule has 0 aromatic rings. The van der Waals surface area contributed by atoms with Crippen LogP contribution in [0.25, 0.3) is 0 Å². The number of rotatable bonds is 5. The molecule has 1 fully saturated rings. The maximum Gasteiger partial charge on any atom is 0.0120 e. The molecule has 0 saturated carbocycles. The summed E-state index contributed by atoms with van der Waals surface area (Å²) in [6.07, 6.45) is 5.15. The number of piperidine rings is 1. The summed E-state index contributed by atoms with van der Waals surface area (Å²) in [6.45, 7) is 9.39. The Morgan fingerprint density at radius 3 is 2.07 bits per heavy atom. The van der Waals surface area contributed by atoms with Crippen molar-refractivity contribution >= 4 is 12.8 Å². The largest absolute Gasteiger partial charge is 0.300 e. The minimum absolute atomic E-state index is 0.818. The molecule has 0 aliphatic carbocycles. The minimum Gasteiger partial charge on any atom is -0.300 e. The van der Waals surface area contributed by atoms with Gasteiger partial charge in [-0.25, -0.2) is 0 Å². The summed E-state index contributed by atoms with van der Waals surface area (Å²) in [5.74, 6) is 0. The lowest BCUT2D eigenvalue weighted by molar-refractivity contribution is 0.143. The monoisotopic (exact) mass is 216 g/mol. The number of thiol groups is 1. The second-order valence-corrected chi connectivity index (χ2v) is 4.79. The lowest BCUT2D eigenvalue weighted by Gasteiger charge is -2.36. The van der Waals surface area contributed by atoms with E-state index in [1.807, 2.05) is 0 Å². The molecule has 3 heteroatoms. The van der Waals surface area contributed by atoms with Gasteiger partial charge in [-0.05, 0) is 38.8 Å². The Morgan fingerprint density at radius 1 is 1.14 bits per heavy atom. The van der Waals surface area contributed by atoms with Crippen molar-refractivity contribution < 1.29 is 0 Å². The summed E-state index contributed by atoms with van der Waals surface area (Å²) in [5.41, 5.74) is 0. The molecule has 0 aromatic heterocycles. The van der Waals surface area contributed by atoms with Crippen LogP contribution in [0.2, 0.25) is 0 Å². The van der Waals surface area contributed by atoms with Crippen LogP contribution in [0.3, 0.4) is 0 Å². The Bertz CT molecular complexity index is 138. The minimum atomic E-state index is 0.818. The highest BCUT2D eigenvalue weighted by Crippen LogP contribution is 2.18. The van der Waals surface area contributed by atoms with Crippen molar-refractivity contribution in [3.05, 3.63) is 0 Å². The van der Waals surface area contributed by atoms with Crippen LogP contribution in [0.1, 0.15) is 39.5 Å². The maximum atomic E-state index is 4.39. The molecule has 2 nitrogen and oxygen atoms in total. The summed E-state index contributed by atoms with van der Waals surface area (Å²) in [6, 6.07) is 0.818. The molecule has 0 bridgehead atoms. The quantitative estimate of drug-likeness (QED) is 0.705. The van der Waals surface area contributed by atoms with Crippen LogP contribution < -0.4 is 0 Å². The van der Waals surface area contributed by atoms with E-state index < -0.39 is 0 Å². The average Bonchev–Trinajstić information content (AvgIpc) is 2.19. The lowest BCUT2D eigenvalue weighted by atomic mass is 10.0. The van der Waals surface area contributed by atoms with Gasteiger partial charge in [0.1, 0.15) is 0 Å². The van der Waals surface area contributed by atoms with Gasteiger partial charge < -0.3 is 4.90 Å². The Kier molecular flexibility index (Phi) is 5.90. The molecular weight excluding hydrogens is 192 g/mol. The highest BCUT2D eigenvalue weighted by molar-refractivity contribution is 7.77. The summed E-state index contributed by atoms with van der Waals surface area (Å²) >= 11 is 4.39. The second kappa shape index (κ2) is 6.70. The third-order valence-corrected chi connectivity index (χ3v) is 3.38. The van der Waals surface area contributed by atoms with Gasteiger partial charge in [-0.3, -0.25) is 4.31 Å². The van der Waals surface area contributed by atoms with Gasteiger partial charge in [-0.2, -0.15) is 0 Å². The molecule has 0 radical (unpaired) electrons. The van der Waals surface area contributed by atoms with E-state index in [0.29, 0.717) is 0 Å². The first kappa shape index (κ1) is 12.3. The van der Waals surface area contributed by atoms with Gasteiger partial charge >= 0.3 is 0 Å². The van der Waals surface area contributed by atoms with Crippen LogP contribution in [0.4, 0.5) is 0 Å². The van der Waals surface area contributed by atoms with E-state index in [1.54, 1.807) is 0 Å². The molecule has 84 valence electrons. The smallest absolute Gasteiger partial charge is 0.0120 e. The van der Waals surface area contributed by atoms with Crippen molar-refractivity contribution in [2.24, 2.45) is 0 Å². The third kappa shape index (κ3) is 3.79. The fourth-order valence-corrected chi connectivity index (χ4v) is 2.50. The fraction of sp³-hybridized carbons (Fsp3) is 1.00. The van der Waals surface area contributed by atoms with E-state index in [9.17, 15) is 0 Å². The van der Waals surface area contributed by atoms with Gasteiger partial charge in [0.25, 0.3) is 0 Å². The van der Waals surface area contributed by atoms with E-state index in [-0.39, 0.29) is 0 Å². The lowest BCUT2D eigenvalue weighted by Crippen LogP contribution is -2.43. The van der Waals surface area contributed by atoms with Crippen LogP contribution in [-0.2, 0) is 0 Å². The predicted molar refractivity (Wildman–Crippen MR) is 65.7 cm³/mol. The zero-order valence-electron chi connectivity index (χ0n) is 9.58. The normalized spacial score (nSPS) is 20.6. The highest BCUT2D eigenvalue weighted by Gasteiger charge is 2.21. The summed E-state index contributed by atoms with van der Waals surface area (Å²) in [5, 5.41) is 0. The molecule has 14 heavy (non-hydrogen) atoms. The van der Waals surface area contributed by atoms with Crippen LogP contribution in [0, 0.1) is 0 Å². The van der Waals surface area contributed by atoms with Crippen molar-refractivity contribution in [3.63, 3.8) is 0 Å². The first-order valence-corrected chi connectivity index (χ1v) is 6.35. The SMILES string of the molecule is CCCN(CCC)C1CCN(S)CC1. The Morgan fingerprint density at radius 2 is 1.64 bits per heavy atom. The van der Waals surface area contributed by atoms with Gasteiger partial charge in [0.15, 0.2) is 0 Å². The Labute approximate surface area is 94.2 Å². The van der Waals surface area contributed by atoms with E-state index in [1.165, 1.54) is 38.8 Å². The zero-order chi connectivity index (χ0) is 10.4. The van der Waals surface area contributed by atoms with Gasteiger partial charge in [0, 0.05) is 19.1 Å². The van der Waals surface area contributed by atoms with Crippen molar-refractivity contribution in [2.45, 2.75) is 45.6 Å². The van der Waals surface area contributed by atoms with Crippen LogP contribution >= 0.6 is 12.8 Å². The van der Waals surface area contributed by atoms with E-state index in [4.69, 9.17) is 0 Å². The van der Waals surface area contributed by atoms with Crippen LogP contribution in [0.15, 0.2) is 0 Å². The highest BCUT2D eigenvalue weighted by atomic mass is 32.1. The molecule has 1 saturated heterocycles. The first-order valence-electron chi connectivity index (χ1n) is 5.95. The number of hydrogen-bond donors (Lipinski definition) is 1. The molecule has 0 atom stereocenters. The van der Waals surface area contributed by atoms with Gasteiger partial charge in [-0.1, -0.05) is 26.7 Å². The predicted octanol–water partition coefficient (Wildman–Crippen LogP) is 2.42. The third-order valence-electron chi connectivity index (χ3n) is 2.98. The zero-order valence-corrected chi connectivity index (χ0v) is 10.5. The molecular formula is C11H24N2S. The Balaban J connectivity index is 2.34. The Hall–Kier alpha value is 0.270. The van der Waals surface area contributed by atoms with Crippen molar-refractivity contribution in [2.75, 3.05) is 26.2 Å². The fourth-order valence-electron chi connectivity index (χ4n) is 2.27. The van der Waals surface area contributed by atoms with E-state index in [0.717, 1.165) is 19.1 Å². The maximum absolute atomic E-state index is 4.39. The molecule has 0 N–H and O–H groups in total. The van der Waals surface area contributed by atoms with Gasteiger partial charge in [0.05, 0.1) is 0 Å². The van der Waals surface area contributed by atoms with Crippen molar-refractivity contribution in [1.82, 2.24) is 9.21 Å². The summed E-state index contributed by atoms with van der Waals surface area (Å²) < 4.78 is 2.15. The second-order valence-electron chi connectivity index (χ2n) is 4.22. The molecule has 1 heterocycles. The van der Waals surface area contributed by atoms with Crippen molar-refractivity contribution in [3.8, 4) is 0 Å². The van der Waals surface area contributed by atoms with Crippen LogP contribution in [-0.4, -0.2) is 41.4 Å². The molecule has 0 unspecified atom stereocenters. The first-order chi connectivity index (χ1) is 6.77. The van der Waals surface area contributed by atoms with Crippen molar-refractivity contribution in [1.29, 1.82) is 0 Å². The standard InChI is InChI=1S/C11H24N2S/c1-3-7-12(8-4-2)11-5-9-13(14)10-6-11/h11,14H,3-10H2,1-2H3. The molecule has 1 aliphatic rings. The number of nitrogens with zero attached hydrogens (tertiary/aromatic N) is 2.